The maximum absolute atomic E-state index is 13.8. The summed E-state index contributed by atoms with van der Waals surface area (Å²) in [6.45, 7) is 1.86. The van der Waals surface area contributed by atoms with E-state index in [0.29, 0.717) is 21.9 Å². The monoisotopic (exact) mass is 265 g/mol. The van der Waals surface area contributed by atoms with Gasteiger partial charge in [0.2, 0.25) is 0 Å². The number of halogens is 1. The van der Waals surface area contributed by atoms with E-state index >= 15 is 0 Å². The highest BCUT2D eigenvalue weighted by Crippen LogP contribution is 2.23. The molecule has 0 fully saturated rings. The fraction of sp³-hybridized carbons (Fsp3) is 0.0588. The van der Waals surface area contributed by atoms with Gasteiger partial charge in [-0.3, -0.25) is 9.78 Å². The van der Waals surface area contributed by atoms with Crippen molar-refractivity contribution in [1.82, 2.24) is 4.98 Å². The largest absolute Gasteiger partial charge is 0.289 e. The molecule has 1 heterocycles. The van der Waals surface area contributed by atoms with Crippen LogP contribution >= 0.6 is 0 Å². The zero-order valence-corrected chi connectivity index (χ0v) is 10.9. The van der Waals surface area contributed by atoms with Crippen LogP contribution in [0.15, 0.2) is 54.7 Å². The number of rotatable bonds is 2. The van der Waals surface area contributed by atoms with Crippen LogP contribution in [-0.4, -0.2) is 10.8 Å². The highest BCUT2D eigenvalue weighted by Gasteiger charge is 2.14. The number of ketones is 1. The molecule has 3 aromatic rings. The van der Waals surface area contributed by atoms with E-state index in [1.807, 2.05) is 6.92 Å². The van der Waals surface area contributed by atoms with Crippen molar-refractivity contribution in [1.29, 1.82) is 0 Å². The Morgan fingerprint density at radius 3 is 2.45 bits per heavy atom. The lowest BCUT2D eigenvalue weighted by Crippen LogP contribution is -2.03. The van der Waals surface area contributed by atoms with Gasteiger partial charge in [-0.1, -0.05) is 24.3 Å². The standard InChI is InChI=1S/C17H12FNO/c1-11-6-7-12(10-19-11)17(20)15-8-9-16(18)14-5-3-2-4-13(14)15/h2-10H,1H3. The lowest BCUT2D eigenvalue weighted by molar-refractivity contribution is 0.104. The molecule has 0 saturated heterocycles. The summed E-state index contributed by atoms with van der Waals surface area (Å²) in [7, 11) is 0. The Hall–Kier alpha value is -2.55. The van der Waals surface area contributed by atoms with Crippen molar-refractivity contribution in [3.63, 3.8) is 0 Å². The highest BCUT2D eigenvalue weighted by molar-refractivity contribution is 6.16. The average molecular weight is 265 g/mol. The van der Waals surface area contributed by atoms with Crippen LogP contribution in [0.4, 0.5) is 4.39 Å². The zero-order valence-electron chi connectivity index (χ0n) is 10.9. The van der Waals surface area contributed by atoms with Gasteiger partial charge in [-0.2, -0.15) is 0 Å². The van der Waals surface area contributed by atoms with Crippen LogP contribution in [0.5, 0.6) is 0 Å². The molecule has 0 aliphatic heterocycles. The fourth-order valence-electron chi connectivity index (χ4n) is 2.22. The number of pyridine rings is 1. The van der Waals surface area contributed by atoms with Crippen molar-refractivity contribution in [2.24, 2.45) is 0 Å². The van der Waals surface area contributed by atoms with E-state index in [0.717, 1.165) is 5.69 Å². The average Bonchev–Trinajstić information content (AvgIpc) is 2.48. The summed E-state index contributed by atoms with van der Waals surface area (Å²) < 4.78 is 13.8. The van der Waals surface area contributed by atoms with Crippen LogP contribution in [0.2, 0.25) is 0 Å². The highest BCUT2D eigenvalue weighted by atomic mass is 19.1. The summed E-state index contributed by atoms with van der Waals surface area (Å²) in [6, 6.07) is 13.4. The first kappa shape index (κ1) is 12.5. The molecule has 0 amide bonds. The molecule has 2 aromatic carbocycles. The Balaban J connectivity index is 2.17. The van der Waals surface area contributed by atoms with Crippen LogP contribution < -0.4 is 0 Å². The Bertz CT molecular complexity index is 794. The first-order valence-electron chi connectivity index (χ1n) is 6.31. The summed E-state index contributed by atoms with van der Waals surface area (Å²) in [6.07, 6.45) is 1.55. The molecular weight excluding hydrogens is 253 g/mol. The van der Waals surface area contributed by atoms with E-state index in [9.17, 15) is 9.18 Å². The molecule has 3 rings (SSSR count). The van der Waals surface area contributed by atoms with Crippen molar-refractivity contribution in [2.45, 2.75) is 6.92 Å². The number of aromatic nitrogens is 1. The van der Waals surface area contributed by atoms with Gasteiger partial charge < -0.3 is 0 Å². The number of fused-ring (bicyclic) bond motifs is 1. The minimum atomic E-state index is -0.320. The zero-order chi connectivity index (χ0) is 14.1. The topological polar surface area (TPSA) is 30.0 Å². The Morgan fingerprint density at radius 2 is 1.75 bits per heavy atom. The third kappa shape index (κ3) is 2.07. The summed E-state index contributed by atoms with van der Waals surface area (Å²) in [5.74, 6) is -0.465. The molecule has 3 heteroatoms. The van der Waals surface area contributed by atoms with E-state index in [-0.39, 0.29) is 11.6 Å². The molecule has 20 heavy (non-hydrogen) atoms. The van der Waals surface area contributed by atoms with Gasteiger partial charge in [0.05, 0.1) is 0 Å². The second kappa shape index (κ2) is 4.85. The van der Waals surface area contributed by atoms with Crippen LogP contribution in [0.1, 0.15) is 21.6 Å². The number of nitrogens with zero attached hydrogens (tertiary/aromatic N) is 1. The van der Waals surface area contributed by atoms with E-state index < -0.39 is 0 Å². The van der Waals surface area contributed by atoms with Gasteiger partial charge >= 0.3 is 0 Å². The van der Waals surface area contributed by atoms with Crippen molar-refractivity contribution in [2.75, 3.05) is 0 Å². The summed E-state index contributed by atoms with van der Waals surface area (Å²) in [5, 5.41) is 1.08. The van der Waals surface area contributed by atoms with E-state index in [2.05, 4.69) is 4.98 Å². The van der Waals surface area contributed by atoms with Gasteiger partial charge in [-0.25, -0.2) is 4.39 Å². The third-order valence-corrected chi connectivity index (χ3v) is 3.29. The number of benzene rings is 2. The molecule has 0 atom stereocenters. The molecule has 0 unspecified atom stereocenters. The molecule has 0 aliphatic carbocycles. The van der Waals surface area contributed by atoms with Gasteiger partial charge in [-0.05, 0) is 36.6 Å². The Morgan fingerprint density at radius 1 is 1.00 bits per heavy atom. The molecule has 2 nitrogen and oxygen atoms in total. The summed E-state index contributed by atoms with van der Waals surface area (Å²) in [5.41, 5.74) is 1.85. The SMILES string of the molecule is Cc1ccc(C(=O)c2ccc(F)c3ccccc23)cn1. The first-order valence-corrected chi connectivity index (χ1v) is 6.31. The summed E-state index contributed by atoms with van der Waals surface area (Å²) >= 11 is 0. The Kier molecular flexibility index (Phi) is 3.03. The quantitative estimate of drug-likeness (QED) is 0.657. The van der Waals surface area contributed by atoms with Crippen LogP contribution in [-0.2, 0) is 0 Å². The van der Waals surface area contributed by atoms with E-state index in [4.69, 9.17) is 0 Å². The van der Waals surface area contributed by atoms with Crippen LogP contribution in [0.25, 0.3) is 10.8 Å². The summed E-state index contributed by atoms with van der Waals surface area (Å²) in [4.78, 5) is 16.6. The molecule has 0 spiro atoms. The molecule has 0 saturated carbocycles. The van der Waals surface area contributed by atoms with Crippen molar-refractivity contribution in [3.8, 4) is 0 Å². The normalized spacial score (nSPS) is 10.7. The van der Waals surface area contributed by atoms with Crippen LogP contribution in [0, 0.1) is 12.7 Å². The number of hydrogen-bond donors (Lipinski definition) is 0. The van der Waals surface area contributed by atoms with Gasteiger partial charge in [0.25, 0.3) is 0 Å². The van der Waals surface area contributed by atoms with Gasteiger partial charge in [0, 0.05) is 28.4 Å². The second-order valence-corrected chi connectivity index (χ2v) is 4.66. The van der Waals surface area contributed by atoms with Crippen molar-refractivity contribution in [3.05, 3.63) is 77.4 Å². The molecular formula is C17H12FNO. The molecule has 0 N–H and O–H groups in total. The smallest absolute Gasteiger partial charge is 0.195 e. The Labute approximate surface area is 115 Å². The minimum Gasteiger partial charge on any atom is -0.289 e. The third-order valence-electron chi connectivity index (χ3n) is 3.29. The van der Waals surface area contributed by atoms with E-state index in [1.165, 1.54) is 12.1 Å². The number of hydrogen-bond acceptors (Lipinski definition) is 2. The van der Waals surface area contributed by atoms with Crippen LogP contribution in [0.3, 0.4) is 0 Å². The maximum Gasteiger partial charge on any atom is 0.195 e. The minimum absolute atomic E-state index is 0.145. The van der Waals surface area contributed by atoms with Crippen molar-refractivity contribution < 1.29 is 9.18 Å². The molecule has 0 aliphatic rings. The predicted octanol–water partition coefficient (Wildman–Crippen LogP) is 3.91. The predicted molar refractivity (Wildman–Crippen MR) is 76.3 cm³/mol. The second-order valence-electron chi connectivity index (χ2n) is 4.66. The number of carbonyl (C=O) groups excluding carboxylic acids is 1. The van der Waals surface area contributed by atoms with Gasteiger partial charge in [-0.15, -0.1) is 0 Å². The number of carbonyl (C=O) groups is 1. The molecule has 0 radical (unpaired) electrons. The lowest BCUT2D eigenvalue weighted by atomic mass is 9.97. The molecule has 98 valence electrons. The molecule has 1 aromatic heterocycles. The number of aryl methyl sites for hydroxylation is 1. The fourth-order valence-corrected chi connectivity index (χ4v) is 2.22. The first-order chi connectivity index (χ1) is 9.66. The van der Waals surface area contributed by atoms with Gasteiger partial charge in [0.1, 0.15) is 5.82 Å². The maximum atomic E-state index is 13.8. The molecule has 0 bridgehead atoms. The van der Waals surface area contributed by atoms with Gasteiger partial charge in [0.15, 0.2) is 5.78 Å². The lowest BCUT2D eigenvalue weighted by Gasteiger charge is -2.07. The van der Waals surface area contributed by atoms with Crippen molar-refractivity contribution >= 4 is 16.6 Å². The van der Waals surface area contributed by atoms with E-state index in [1.54, 1.807) is 42.6 Å².